The van der Waals surface area contributed by atoms with Crippen molar-refractivity contribution in [2.24, 2.45) is 0 Å². The monoisotopic (exact) mass is 400 g/mol. The van der Waals surface area contributed by atoms with E-state index in [0.717, 1.165) is 39.9 Å². The summed E-state index contributed by atoms with van der Waals surface area (Å²) in [6.07, 6.45) is 5.86. The number of aromatic amines is 1. The lowest BCUT2D eigenvalue weighted by atomic mass is 10.0. The Kier molecular flexibility index (Phi) is 4.38. The van der Waals surface area contributed by atoms with E-state index in [2.05, 4.69) is 88.3 Å². The quantitative estimate of drug-likeness (QED) is 0.408. The van der Waals surface area contributed by atoms with Crippen molar-refractivity contribution < 1.29 is 0 Å². The van der Waals surface area contributed by atoms with Crippen molar-refractivity contribution in [2.45, 2.75) is 6.54 Å². The zero-order valence-corrected chi connectivity index (χ0v) is 17.1. The molecule has 2 aromatic carbocycles. The van der Waals surface area contributed by atoms with Crippen LogP contribution in [-0.2, 0) is 6.54 Å². The van der Waals surface area contributed by atoms with Gasteiger partial charge in [0, 0.05) is 47.3 Å². The van der Waals surface area contributed by atoms with Gasteiger partial charge in [0.1, 0.15) is 5.65 Å². The van der Waals surface area contributed by atoms with Gasteiger partial charge >= 0.3 is 0 Å². The van der Waals surface area contributed by atoms with Crippen LogP contribution in [0.2, 0.25) is 5.02 Å². The van der Waals surface area contributed by atoms with Crippen molar-refractivity contribution in [1.29, 1.82) is 0 Å². The Morgan fingerprint density at radius 1 is 1.03 bits per heavy atom. The second kappa shape index (κ2) is 7.07. The molecule has 29 heavy (non-hydrogen) atoms. The first-order chi connectivity index (χ1) is 14.1. The third-order valence-corrected chi connectivity index (χ3v) is 5.53. The van der Waals surface area contributed by atoms with E-state index in [1.54, 1.807) is 6.20 Å². The third kappa shape index (κ3) is 3.20. The van der Waals surface area contributed by atoms with Crippen LogP contribution >= 0.6 is 11.6 Å². The number of rotatable bonds is 4. The molecule has 0 saturated heterocycles. The minimum atomic E-state index is 0.708. The van der Waals surface area contributed by atoms with Gasteiger partial charge in [0.25, 0.3) is 0 Å². The second-order valence-corrected chi connectivity index (χ2v) is 8.00. The number of H-pyrrole nitrogens is 1. The highest BCUT2D eigenvalue weighted by Crippen LogP contribution is 2.36. The van der Waals surface area contributed by atoms with Gasteiger partial charge in [0.2, 0.25) is 0 Å². The molecule has 144 valence electrons. The number of hydrogen-bond acceptors (Lipinski definition) is 2. The van der Waals surface area contributed by atoms with Gasteiger partial charge in [-0.1, -0.05) is 35.9 Å². The van der Waals surface area contributed by atoms with Gasteiger partial charge in [-0.05, 0) is 60.9 Å². The SMILES string of the molecule is CN(C)Cc1ccc(-n2cc(-c3ccc4cc[nH]c4c3)c3c(Cl)ccnc32)cc1. The first kappa shape index (κ1) is 18.0. The maximum absolute atomic E-state index is 6.63. The van der Waals surface area contributed by atoms with Crippen molar-refractivity contribution in [1.82, 2.24) is 19.4 Å². The van der Waals surface area contributed by atoms with E-state index < -0.39 is 0 Å². The largest absolute Gasteiger partial charge is 0.361 e. The number of halogens is 1. The summed E-state index contributed by atoms with van der Waals surface area (Å²) in [7, 11) is 4.15. The first-order valence-electron chi connectivity index (χ1n) is 9.57. The van der Waals surface area contributed by atoms with Crippen LogP contribution in [0.15, 0.2) is 73.2 Å². The number of hydrogen-bond donors (Lipinski definition) is 1. The van der Waals surface area contributed by atoms with Gasteiger partial charge in [-0.2, -0.15) is 0 Å². The Hall–Kier alpha value is -3.08. The summed E-state index contributed by atoms with van der Waals surface area (Å²) >= 11 is 6.63. The van der Waals surface area contributed by atoms with E-state index in [1.807, 2.05) is 12.3 Å². The number of nitrogens with zero attached hydrogens (tertiary/aromatic N) is 3. The Morgan fingerprint density at radius 3 is 2.66 bits per heavy atom. The highest BCUT2D eigenvalue weighted by Gasteiger charge is 2.16. The predicted octanol–water partition coefficient (Wildman–Crippen LogP) is 5.89. The van der Waals surface area contributed by atoms with Gasteiger partial charge in [0.05, 0.1) is 5.02 Å². The minimum Gasteiger partial charge on any atom is -0.361 e. The molecule has 0 aliphatic carbocycles. The van der Waals surface area contributed by atoms with Gasteiger partial charge in [-0.25, -0.2) is 4.98 Å². The normalized spacial score (nSPS) is 11.7. The molecule has 3 heterocycles. The van der Waals surface area contributed by atoms with Crippen LogP contribution in [0.4, 0.5) is 0 Å². The molecule has 1 N–H and O–H groups in total. The van der Waals surface area contributed by atoms with Crippen molar-refractivity contribution in [3.05, 3.63) is 83.8 Å². The molecule has 5 rings (SSSR count). The van der Waals surface area contributed by atoms with E-state index in [4.69, 9.17) is 11.6 Å². The lowest BCUT2D eigenvalue weighted by Crippen LogP contribution is -2.10. The summed E-state index contributed by atoms with van der Waals surface area (Å²) < 4.78 is 2.12. The fourth-order valence-corrected chi connectivity index (χ4v) is 4.12. The molecule has 0 fully saturated rings. The highest BCUT2D eigenvalue weighted by molar-refractivity contribution is 6.36. The Morgan fingerprint density at radius 2 is 1.86 bits per heavy atom. The number of aromatic nitrogens is 3. The summed E-state index contributed by atoms with van der Waals surface area (Å²) in [6, 6.07) is 19.0. The highest BCUT2D eigenvalue weighted by atomic mass is 35.5. The molecule has 0 radical (unpaired) electrons. The maximum Gasteiger partial charge on any atom is 0.146 e. The summed E-state index contributed by atoms with van der Waals surface area (Å²) in [5.41, 5.74) is 6.50. The van der Waals surface area contributed by atoms with Crippen LogP contribution in [0.3, 0.4) is 0 Å². The van der Waals surface area contributed by atoms with Crippen LogP contribution in [-0.4, -0.2) is 33.5 Å². The predicted molar refractivity (Wildman–Crippen MR) is 121 cm³/mol. The fraction of sp³-hybridized carbons (Fsp3) is 0.125. The van der Waals surface area contributed by atoms with E-state index in [-0.39, 0.29) is 0 Å². The Labute approximate surface area is 174 Å². The van der Waals surface area contributed by atoms with Gasteiger partial charge < -0.3 is 14.5 Å². The molecule has 0 atom stereocenters. The number of nitrogens with one attached hydrogen (secondary N) is 1. The lowest BCUT2D eigenvalue weighted by Gasteiger charge is -2.11. The molecular weight excluding hydrogens is 380 g/mol. The average molecular weight is 401 g/mol. The number of benzene rings is 2. The zero-order valence-electron chi connectivity index (χ0n) is 16.4. The van der Waals surface area contributed by atoms with Crippen molar-refractivity contribution in [3.8, 4) is 16.8 Å². The molecule has 0 aliphatic rings. The third-order valence-electron chi connectivity index (χ3n) is 5.22. The van der Waals surface area contributed by atoms with Crippen molar-refractivity contribution in [2.75, 3.05) is 14.1 Å². The molecule has 0 aliphatic heterocycles. The number of fused-ring (bicyclic) bond motifs is 2. The minimum absolute atomic E-state index is 0.708. The molecule has 0 spiro atoms. The summed E-state index contributed by atoms with van der Waals surface area (Å²) in [5, 5.41) is 2.87. The van der Waals surface area contributed by atoms with Crippen LogP contribution in [0.1, 0.15) is 5.56 Å². The van der Waals surface area contributed by atoms with Crippen molar-refractivity contribution >= 4 is 33.5 Å². The Balaban J connectivity index is 1.68. The summed E-state index contributed by atoms with van der Waals surface area (Å²) in [6.45, 7) is 0.915. The summed E-state index contributed by atoms with van der Waals surface area (Å²) in [4.78, 5) is 10.1. The molecule has 5 aromatic rings. The molecule has 4 nitrogen and oxygen atoms in total. The average Bonchev–Trinajstić information content (AvgIpc) is 3.33. The fourth-order valence-electron chi connectivity index (χ4n) is 3.87. The second-order valence-electron chi connectivity index (χ2n) is 7.59. The molecule has 0 saturated carbocycles. The molecule has 0 unspecified atom stereocenters. The van der Waals surface area contributed by atoms with Crippen molar-refractivity contribution in [3.63, 3.8) is 0 Å². The summed E-state index contributed by atoms with van der Waals surface area (Å²) in [5.74, 6) is 0. The van der Waals surface area contributed by atoms with Crippen LogP contribution in [0, 0.1) is 0 Å². The lowest BCUT2D eigenvalue weighted by molar-refractivity contribution is 0.402. The zero-order chi connectivity index (χ0) is 20.0. The smallest absolute Gasteiger partial charge is 0.146 e. The molecule has 0 amide bonds. The molecule has 3 aromatic heterocycles. The van der Waals surface area contributed by atoms with E-state index in [1.165, 1.54) is 10.9 Å². The molecule has 0 bridgehead atoms. The van der Waals surface area contributed by atoms with E-state index in [9.17, 15) is 0 Å². The van der Waals surface area contributed by atoms with Gasteiger partial charge in [-0.15, -0.1) is 0 Å². The van der Waals surface area contributed by atoms with Crippen LogP contribution in [0.5, 0.6) is 0 Å². The van der Waals surface area contributed by atoms with Gasteiger partial charge in [-0.3, -0.25) is 0 Å². The first-order valence-corrected chi connectivity index (χ1v) is 9.95. The van der Waals surface area contributed by atoms with Crippen LogP contribution < -0.4 is 0 Å². The molecule has 5 heteroatoms. The molecular formula is C24H21ClN4. The van der Waals surface area contributed by atoms with Crippen LogP contribution in [0.25, 0.3) is 38.8 Å². The standard InChI is InChI=1S/C24H21ClN4/c1-28(2)14-16-3-7-19(8-4-16)29-15-20(23-21(25)10-12-27-24(23)29)18-6-5-17-9-11-26-22(17)13-18/h3-13,15,26H,14H2,1-2H3. The number of pyridine rings is 1. The topological polar surface area (TPSA) is 36.9 Å². The van der Waals surface area contributed by atoms with E-state index >= 15 is 0 Å². The van der Waals surface area contributed by atoms with E-state index in [0.29, 0.717) is 5.02 Å². The van der Waals surface area contributed by atoms with Gasteiger partial charge in [0.15, 0.2) is 0 Å². The Bertz CT molecular complexity index is 1310. The maximum atomic E-state index is 6.63.